The Morgan fingerprint density at radius 3 is 2.71 bits per heavy atom. The number of aromatic nitrogens is 2. The summed E-state index contributed by atoms with van der Waals surface area (Å²) in [6.45, 7) is 3.59. The van der Waals surface area contributed by atoms with Crippen LogP contribution in [0.25, 0.3) is 11.4 Å². The van der Waals surface area contributed by atoms with Gasteiger partial charge in [0.1, 0.15) is 17.2 Å². The molecule has 7 heteroatoms. The van der Waals surface area contributed by atoms with E-state index in [1.54, 1.807) is 26.0 Å². The summed E-state index contributed by atoms with van der Waals surface area (Å²) in [6, 6.07) is 4.39. The smallest absolute Gasteiger partial charge is 0.343 e. The number of halogens is 2. The van der Waals surface area contributed by atoms with Crippen molar-refractivity contribution in [2.24, 2.45) is 0 Å². The van der Waals surface area contributed by atoms with Gasteiger partial charge in [-0.3, -0.25) is 0 Å². The van der Waals surface area contributed by atoms with Gasteiger partial charge in [-0.15, -0.1) is 0 Å². The lowest BCUT2D eigenvalue weighted by Crippen LogP contribution is -2.13. The first-order chi connectivity index (χ1) is 9.93. The first-order valence-electron chi connectivity index (χ1n) is 6.20. The number of aryl methyl sites for hydroxylation is 1. The molecule has 0 unspecified atom stereocenters. The molecule has 0 fully saturated rings. The maximum atomic E-state index is 13.3. The van der Waals surface area contributed by atoms with E-state index in [0.29, 0.717) is 21.6 Å². The molecule has 2 aromatic rings. The molecule has 5 nitrogen and oxygen atoms in total. The zero-order valence-corrected chi connectivity index (χ0v) is 13.1. The van der Waals surface area contributed by atoms with Crippen molar-refractivity contribution in [2.75, 3.05) is 12.3 Å². The summed E-state index contributed by atoms with van der Waals surface area (Å²) in [6.07, 6.45) is 0. The number of carbonyl (C=O) groups is 1. The van der Waals surface area contributed by atoms with Gasteiger partial charge in [0.2, 0.25) is 0 Å². The number of benzene rings is 1. The van der Waals surface area contributed by atoms with Crippen molar-refractivity contribution >= 4 is 27.7 Å². The van der Waals surface area contributed by atoms with Crippen molar-refractivity contribution in [3.8, 4) is 11.4 Å². The highest BCUT2D eigenvalue weighted by molar-refractivity contribution is 9.10. The fraction of sp³-hybridized carbons (Fsp3) is 0.214. The van der Waals surface area contributed by atoms with Crippen molar-refractivity contribution in [1.29, 1.82) is 0 Å². The molecule has 1 aromatic heterocycles. The van der Waals surface area contributed by atoms with E-state index in [1.165, 1.54) is 6.07 Å². The summed E-state index contributed by atoms with van der Waals surface area (Å²) in [5.74, 6) is -0.582. The average molecular weight is 354 g/mol. The topological polar surface area (TPSA) is 78.1 Å². The van der Waals surface area contributed by atoms with Gasteiger partial charge in [0.25, 0.3) is 0 Å². The fourth-order valence-electron chi connectivity index (χ4n) is 1.81. The van der Waals surface area contributed by atoms with Crippen LogP contribution in [0.15, 0.2) is 22.7 Å². The molecule has 0 aliphatic heterocycles. The lowest BCUT2D eigenvalue weighted by Gasteiger charge is -2.10. The lowest BCUT2D eigenvalue weighted by atomic mass is 10.1. The Morgan fingerprint density at radius 1 is 1.43 bits per heavy atom. The summed E-state index contributed by atoms with van der Waals surface area (Å²) in [7, 11) is 0. The number of nitrogens with two attached hydrogens (primary N) is 1. The normalized spacial score (nSPS) is 10.5. The van der Waals surface area contributed by atoms with E-state index in [2.05, 4.69) is 25.9 Å². The minimum atomic E-state index is -0.556. The second-order valence-corrected chi connectivity index (χ2v) is 5.10. The van der Waals surface area contributed by atoms with Gasteiger partial charge in [-0.1, -0.05) is 0 Å². The second kappa shape index (κ2) is 6.17. The van der Waals surface area contributed by atoms with Crippen LogP contribution in [0.3, 0.4) is 0 Å². The molecule has 0 spiro atoms. The average Bonchev–Trinajstić information content (AvgIpc) is 2.41. The van der Waals surface area contributed by atoms with Gasteiger partial charge >= 0.3 is 5.97 Å². The Bertz CT molecular complexity index is 684. The molecule has 0 atom stereocenters. The van der Waals surface area contributed by atoms with Crippen LogP contribution < -0.4 is 5.73 Å². The Hall–Kier alpha value is -2.02. The standard InChI is InChI=1S/C14H13BrFN3O2/c1-3-21-14(20)11-7(2)18-13(19-12(11)17)8-4-5-10(16)9(15)6-8/h4-6H,3H2,1-2H3,(H2,17,18,19). The molecule has 0 saturated carbocycles. The van der Waals surface area contributed by atoms with Crippen molar-refractivity contribution in [1.82, 2.24) is 9.97 Å². The van der Waals surface area contributed by atoms with Gasteiger partial charge in [-0.25, -0.2) is 19.2 Å². The number of anilines is 1. The summed E-state index contributed by atoms with van der Waals surface area (Å²) >= 11 is 3.10. The van der Waals surface area contributed by atoms with E-state index < -0.39 is 5.97 Å². The van der Waals surface area contributed by atoms with Crippen LogP contribution >= 0.6 is 15.9 Å². The number of nitrogens with zero attached hydrogens (tertiary/aromatic N) is 2. The van der Waals surface area contributed by atoms with Crippen LogP contribution in [0, 0.1) is 12.7 Å². The van der Waals surface area contributed by atoms with E-state index >= 15 is 0 Å². The summed E-state index contributed by atoms with van der Waals surface area (Å²) in [5, 5.41) is 0. The Morgan fingerprint density at radius 2 is 2.14 bits per heavy atom. The molecular weight excluding hydrogens is 341 g/mol. The zero-order chi connectivity index (χ0) is 15.6. The van der Waals surface area contributed by atoms with Crippen LogP contribution in [0.5, 0.6) is 0 Å². The molecule has 0 bridgehead atoms. The molecule has 1 heterocycles. The zero-order valence-electron chi connectivity index (χ0n) is 11.5. The van der Waals surface area contributed by atoms with Crippen LogP contribution in [0.1, 0.15) is 23.0 Å². The van der Waals surface area contributed by atoms with Gasteiger partial charge in [-0.2, -0.15) is 0 Å². The van der Waals surface area contributed by atoms with Gasteiger partial charge in [0, 0.05) is 5.56 Å². The molecule has 0 radical (unpaired) electrons. The van der Waals surface area contributed by atoms with Gasteiger partial charge in [0.15, 0.2) is 5.82 Å². The first-order valence-corrected chi connectivity index (χ1v) is 7.00. The highest BCUT2D eigenvalue weighted by atomic mass is 79.9. The third-order valence-corrected chi connectivity index (χ3v) is 3.38. The number of rotatable bonds is 3. The molecule has 110 valence electrons. The SMILES string of the molecule is CCOC(=O)c1c(C)nc(-c2ccc(F)c(Br)c2)nc1N. The Kier molecular flexibility index (Phi) is 4.52. The number of ether oxygens (including phenoxy) is 1. The number of esters is 1. The number of hydrogen-bond donors (Lipinski definition) is 1. The molecule has 0 aliphatic carbocycles. The molecule has 0 aliphatic rings. The van der Waals surface area contributed by atoms with Crippen molar-refractivity contribution in [2.45, 2.75) is 13.8 Å². The van der Waals surface area contributed by atoms with Gasteiger partial charge < -0.3 is 10.5 Å². The molecule has 2 N–H and O–H groups in total. The van der Waals surface area contributed by atoms with E-state index in [0.717, 1.165) is 0 Å². The monoisotopic (exact) mass is 353 g/mol. The minimum absolute atomic E-state index is 0.0383. The highest BCUT2D eigenvalue weighted by Crippen LogP contribution is 2.25. The highest BCUT2D eigenvalue weighted by Gasteiger charge is 2.18. The predicted molar refractivity (Wildman–Crippen MR) is 80.2 cm³/mol. The van der Waals surface area contributed by atoms with E-state index in [1.807, 2.05) is 0 Å². The lowest BCUT2D eigenvalue weighted by molar-refractivity contribution is 0.0526. The summed E-state index contributed by atoms with van der Waals surface area (Å²) in [4.78, 5) is 20.1. The maximum Gasteiger partial charge on any atom is 0.343 e. The fourth-order valence-corrected chi connectivity index (χ4v) is 2.19. The summed E-state index contributed by atoms with van der Waals surface area (Å²) in [5.41, 5.74) is 6.98. The van der Waals surface area contributed by atoms with Crippen LogP contribution in [-0.2, 0) is 4.74 Å². The molecule has 1 aromatic carbocycles. The predicted octanol–water partition coefficient (Wildman–Crippen LogP) is 3.11. The maximum absolute atomic E-state index is 13.3. The first kappa shape index (κ1) is 15.4. The minimum Gasteiger partial charge on any atom is -0.462 e. The van der Waals surface area contributed by atoms with Gasteiger partial charge in [-0.05, 0) is 48.0 Å². The van der Waals surface area contributed by atoms with Crippen LogP contribution in [0.4, 0.5) is 10.2 Å². The van der Waals surface area contributed by atoms with Crippen molar-refractivity contribution < 1.29 is 13.9 Å². The van der Waals surface area contributed by atoms with Crippen LogP contribution in [0.2, 0.25) is 0 Å². The van der Waals surface area contributed by atoms with Crippen LogP contribution in [-0.4, -0.2) is 22.5 Å². The third kappa shape index (κ3) is 3.18. The van der Waals surface area contributed by atoms with E-state index in [-0.39, 0.29) is 23.8 Å². The summed E-state index contributed by atoms with van der Waals surface area (Å²) < 4.78 is 18.5. The molecule has 0 amide bonds. The molecule has 0 saturated heterocycles. The Labute approximate surface area is 129 Å². The number of carbonyl (C=O) groups excluding carboxylic acids is 1. The van der Waals surface area contributed by atoms with E-state index in [4.69, 9.17) is 10.5 Å². The van der Waals surface area contributed by atoms with Gasteiger partial charge in [0.05, 0.1) is 16.8 Å². The molecular formula is C14H13BrFN3O2. The number of hydrogen-bond acceptors (Lipinski definition) is 5. The molecule has 21 heavy (non-hydrogen) atoms. The van der Waals surface area contributed by atoms with E-state index in [9.17, 15) is 9.18 Å². The quantitative estimate of drug-likeness (QED) is 0.857. The largest absolute Gasteiger partial charge is 0.462 e. The van der Waals surface area contributed by atoms with Crippen molar-refractivity contribution in [3.63, 3.8) is 0 Å². The van der Waals surface area contributed by atoms with Crippen molar-refractivity contribution in [3.05, 3.63) is 39.7 Å². The second-order valence-electron chi connectivity index (χ2n) is 4.24. The molecule has 2 rings (SSSR count). The Balaban J connectivity index is 2.48. The number of nitrogen functional groups attached to an aromatic ring is 1. The third-order valence-electron chi connectivity index (χ3n) is 2.78.